The molecule has 34 heavy (non-hydrogen) atoms. The lowest BCUT2D eigenvalue weighted by molar-refractivity contribution is -0.137. The van der Waals surface area contributed by atoms with Gasteiger partial charge in [-0.3, -0.25) is 0 Å². The normalized spacial score (nSPS) is 15.7. The van der Waals surface area contributed by atoms with Crippen LogP contribution in [0.4, 0.5) is 24.7 Å². The van der Waals surface area contributed by atoms with Crippen molar-refractivity contribution in [2.45, 2.75) is 26.1 Å². The highest BCUT2D eigenvalue weighted by atomic mass is 35.5. The highest BCUT2D eigenvalue weighted by Gasteiger charge is 2.39. The van der Waals surface area contributed by atoms with E-state index in [1.807, 2.05) is 11.8 Å². The molecule has 2 aliphatic rings. The number of aromatic amines is 1. The van der Waals surface area contributed by atoms with E-state index in [1.54, 1.807) is 18.7 Å². The number of hydrogen-bond donors (Lipinski definition) is 3. The van der Waals surface area contributed by atoms with Crippen molar-refractivity contribution in [3.63, 3.8) is 0 Å². The van der Waals surface area contributed by atoms with Crippen LogP contribution in [-0.4, -0.2) is 32.4 Å². The fourth-order valence-corrected chi connectivity index (χ4v) is 4.52. The van der Waals surface area contributed by atoms with Crippen LogP contribution in [0.25, 0.3) is 11.3 Å². The van der Waals surface area contributed by atoms with Gasteiger partial charge in [-0.1, -0.05) is 11.6 Å². The van der Waals surface area contributed by atoms with Crippen molar-refractivity contribution in [3.05, 3.63) is 64.5 Å². The Balaban J connectivity index is 1.71. The third kappa shape index (κ3) is 3.52. The number of aliphatic imine (C=N–C) groups is 1. The second kappa shape index (κ2) is 7.94. The number of imidazole rings is 1. The molecule has 12 heteroatoms. The maximum absolute atomic E-state index is 14.0. The van der Waals surface area contributed by atoms with Gasteiger partial charge in [0, 0.05) is 11.8 Å². The molecule has 1 atom stereocenters. The molecule has 8 nitrogen and oxygen atoms in total. The van der Waals surface area contributed by atoms with E-state index in [4.69, 9.17) is 22.1 Å². The maximum Gasteiger partial charge on any atom is 0.418 e. The van der Waals surface area contributed by atoms with Crippen LogP contribution >= 0.6 is 11.6 Å². The van der Waals surface area contributed by atoms with Crippen LogP contribution in [0.2, 0.25) is 5.02 Å². The summed E-state index contributed by atoms with van der Waals surface area (Å²) in [6.07, 6.45) is 1.77. The summed E-state index contributed by atoms with van der Waals surface area (Å²) < 4.78 is 47.8. The molecule has 3 aromatic rings. The number of rotatable bonds is 3. The number of hydrogen-bond acceptors (Lipinski definition) is 7. The molecule has 0 fully saturated rings. The number of nitrogen functional groups attached to an aromatic ring is 1. The van der Waals surface area contributed by atoms with Crippen molar-refractivity contribution >= 4 is 28.9 Å². The van der Waals surface area contributed by atoms with Crippen molar-refractivity contribution in [1.82, 2.24) is 19.9 Å². The highest BCUT2D eigenvalue weighted by molar-refractivity contribution is 6.37. The number of halogens is 4. The Morgan fingerprint density at radius 1 is 1.29 bits per heavy atom. The second-order valence-corrected chi connectivity index (χ2v) is 8.26. The van der Waals surface area contributed by atoms with Gasteiger partial charge in [0.05, 0.1) is 51.8 Å². The molecular weight excluding hydrogens is 471 g/mol. The van der Waals surface area contributed by atoms with Crippen LogP contribution in [0.3, 0.4) is 0 Å². The minimum Gasteiger partial charge on any atom is -0.463 e. The Morgan fingerprint density at radius 2 is 2.09 bits per heavy atom. The van der Waals surface area contributed by atoms with Crippen LogP contribution in [0.5, 0.6) is 5.75 Å². The smallest absolute Gasteiger partial charge is 0.418 e. The van der Waals surface area contributed by atoms with Crippen molar-refractivity contribution in [2.75, 3.05) is 17.7 Å². The second-order valence-electron chi connectivity index (χ2n) is 7.88. The lowest BCUT2D eigenvalue weighted by Crippen LogP contribution is -2.32. The lowest BCUT2D eigenvalue weighted by Gasteiger charge is -2.31. The number of amidine groups is 1. The van der Waals surface area contributed by atoms with Gasteiger partial charge in [0.1, 0.15) is 30.3 Å². The zero-order chi connectivity index (χ0) is 24.2. The molecule has 1 unspecified atom stereocenters. The van der Waals surface area contributed by atoms with Gasteiger partial charge in [-0.05, 0) is 31.5 Å². The summed E-state index contributed by atoms with van der Waals surface area (Å²) in [5.41, 5.74) is 6.32. The molecule has 4 heterocycles. The predicted molar refractivity (Wildman–Crippen MR) is 122 cm³/mol. The average molecular weight is 490 g/mol. The van der Waals surface area contributed by atoms with Crippen molar-refractivity contribution in [3.8, 4) is 17.0 Å². The number of benzene rings is 1. The van der Waals surface area contributed by atoms with E-state index in [2.05, 4.69) is 25.3 Å². The largest absolute Gasteiger partial charge is 0.463 e. The monoisotopic (exact) mass is 489 g/mol. The summed E-state index contributed by atoms with van der Waals surface area (Å²) in [7, 11) is 0. The van der Waals surface area contributed by atoms with Gasteiger partial charge >= 0.3 is 6.18 Å². The van der Waals surface area contributed by atoms with Crippen LogP contribution in [0, 0.1) is 6.92 Å². The highest BCUT2D eigenvalue weighted by Crippen LogP contribution is 2.48. The number of nitrogens with zero attached hydrogens (tertiary/aromatic N) is 4. The van der Waals surface area contributed by atoms with E-state index in [0.29, 0.717) is 17.1 Å². The quantitative estimate of drug-likeness (QED) is 0.473. The van der Waals surface area contributed by atoms with Crippen LogP contribution < -0.4 is 15.8 Å². The standard InChI is InChI=1S/C22H19ClF3N7O/c1-10-5-15(27)32-19(17(10)22(24,25)26)12-6-14-16-20(18(12)23)30-9-31-21(16)33(3-4-34-14)11(2)13-7-28-8-29-13/h3-8,11,30H,9H2,1-2H3,(H2,27,32)(H,28,29). The molecular formula is C22H19ClF3N7O. The molecule has 0 amide bonds. The van der Waals surface area contributed by atoms with Gasteiger partial charge in [0.25, 0.3) is 0 Å². The minimum atomic E-state index is -4.66. The number of H-pyrrole nitrogens is 1. The third-order valence-electron chi connectivity index (χ3n) is 5.76. The summed E-state index contributed by atoms with van der Waals surface area (Å²) in [6.45, 7) is 3.46. The van der Waals surface area contributed by atoms with Crippen molar-refractivity contribution in [2.24, 2.45) is 4.99 Å². The Labute approximate surface area is 197 Å². The summed E-state index contributed by atoms with van der Waals surface area (Å²) in [4.78, 5) is 17.6. The molecule has 1 aromatic carbocycles. The molecule has 4 N–H and O–H groups in total. The van der Waals surface area contributed by atoms with E-state index in [1.165, 1.54) is 25.3 Å². The third-order valence-corrected chi connectivity index (χ3v) is 6.15. The summed E-state index contributed by atoms with van der Waals surface area (Å²) in [5.74, 6) is 0.794. The molecule has 0 bridgehead atoms. The number of pyridine rings is 1. The zero-order valence-corrected chi connectivity index (χ0v) is 18.8. The number of anilines is 2. The van der Waals surface area contributed by atoms with Gasteiger partial charge < -0.3 is 25.7 Å². The zero-order valence-electron chi connectivity index (χ0n) is 18.0. The van der Waals surface area contributed by atoms with Gasteiger partial charge in [0.2, 0.25) is 0 Å². The molecule has 176 valence electrons. The first-order valence-electron chi connectivity index (χ1n) is 10.3. The molecule has 5 rings (SSSR count). The first-order chi connectivity index (χ1) is 16.2. The van der Waals surface area contributed by atoms with Gasteiger partial charge in [-0.2, -0.15) is 13.2 Å². The van der Waals surface area contributed by atoms with Gasteiger partial charge in [-0.15, -0.1) is 0 Å². The van der Waals surface area contributed by atoms with E-state index in [0.717, 1.165) is 5.69 Å². The number of nitrogens with one attached hydrogen (secondary N) is 2. The molecule has 0 radical (unpaired) electrons. The first-order valence-corrected chi connectivity index (χ1v) is 10.6. The predicted octanol–water partition coefficient (Wildman–Crippen LogP) is 5.09. The SMILES string of the molecule is Cc1cc(N)nc(-c2cc3c4c(c2Cl)NCN=C4N(C(C)c2cnc[nH]2)C=CO3)c1C(F)(F)F. The van der Waals surface area contributed by atoms with Crippen LogP contribution in [0.1, 0.15) is 35.3 Å². The van der Waals surface area contributed by atoms with Crippen molar-refractivity contribution in [1.29, 1.82) is 0 Å². The molecule has 2 aliphatic heterocycles. The topological polar surface area (TPSA) is 104 Å². The first kappa shape index (κ1) is 22.1. The number of nitrogens with two attached hydrogens (primary N) is 1. The van der Waals surface area contributed by atoms with Crippen molar-refractivity contribution < 1.29 is 17.9 Å². The number of aromatic nitrogens is 3. The molecule has 0 saturated carbocycles. The molecule has 0 saturated heterocycles. The fraction of sp³-hybridized carbons (Fsp3) is 0.227. The average Bonchev–Trinajstić information content (AvgIpc) is 3.24. The van der Waals surface area contributed by atoms with E-state index >= 15 is 0 Å². The summed E-state index contributed by atoms with van der Waals surface area (Å²) in [5, 5.41) is 3.14. The summed E-state index contributed by atoms with van der Waals surface area (Å²) in [6, 6.07) is 2.44. The number of ether oxygens (including phenoxy) is 1. The number of alkyl halides is 3. The van der Waals surface area contributed by atoms with Crippen LogP contribution in [0.15, 0.2) is 42.1 Å². The molecule has 2 aromatic heterocycles. The Bertz CT molecular complexity index is 1340. The molecule has 0 aliphatic carbocycles. The fourth-order valence-electron chi connectivity index (χ4n) is 4.22. The Hall–Kier alpha value is -3.73. The Kier molecular flexibility index (Phi) is 5.16. The molecule has 0 spiro atoms. The van der Waals surface area contributed by atoms with E-state index < -0.39 is 11.7 Å². The Morgan fingerprint density at radius 3 is 2.79 bits per heavy atom. The number of aryl methyl sites for hydroxylation is 1. The van der Waals surface area contributed by atoms with E-state index in [-0.39, 0.29) is 46.1 Å². The lowest BCUT2D eigenvalue weighted by atomic mass is 9.97. The van der Waals surface area contributed by atoms with E-state index in [9.17, 15) is 13.2 Å². The summed E-state index contributed by atoms with van der Waals surface area (Å²) >= 11 is 6.71. The maximum atomic E-state index is 14.0. The minimum absolute atomic E-state index is 0.0456. The van der Waals surface area contributed by atoms with Gasteiger partial charge in [0.15, 0.2) is 0 Å². The van der Waals surface area contributed by atoms with Gasteiger partial charge in [-0.25, -0.2) is 15.0 Å². The van der Waals surface area contributed by atoms with Crippen LogP contribution in [-0.2, 0) is 6.18 Å².